The molecule has 2 aromatic rings. The highest BCUT2D eigenvalue weighted by Gasteiger charge is 2.43. The van der Waals surface area contributed by atoms with E-state index in [0.29, 0.717) is 5.92 Å². The molecule has 1 aliphatic rings. The maximum Gasteiger partial charge on any atom is 0.232 e. The predicted molar refractivity (Wildman–Crippen MR) is 79.5 cm³/mol. The number of benzene rings is 1. The van der Waals surface area contributed by atoms with Crippen molar-refractivity contribution in [3.8, 4) is 0 Å². The summed E-state index contributed by atoms with van der Waals surface area (Å²) in [6, 6.07) is 5.80. The van der Waals surface area contributed by atoms with Gasteiger partial charge in [-0.2, -0.15) is 5.10 Å². The van der Waals surface area contributed by atoms with Gasteiger partial charge in [0.1, 0.15) is 0 Å². The highest BCUT2D eigenvalue weighted by atomic mass is 16.2. The Morgan fingerprint density at radius 3 is 3.00 bits per heavy atom. The van der Waals surface area contributed by atoms with Crippen LogP contribution in [-0.4, -0.2) is 29.2 Å². The Hall–Kier alpha value is -1.88. The van der Waals surface area contributed by atoms with Crippen molar-refractivity contribution in [1.82, 2.24) is 15.5 Å². The average molecular weight is 272 g/mol. The molecule has 106 valence electrons. The van der Waals surface area contributed by atoms with Gasteiger partial charge in [0.15, 0.2) is 0 Å². The van der Waals surface area contributed by atoms with Gasteiger partial charge in [-0.15, -0.1) is 0 Å². The molecule has 5 heteroatoms. The molecule has 1 amide bonds. The molecule has 0 radical (unpaired) electrons. The lowest BCUT2D eigenvalue weighted by Crippen LogP contribution is -2.42. The minimum Gasteiger partial charge on any atom is -0.325 e. The molecule has 5 nitrogen and oxygen atoms in total. The number of nitrogens with one attached hydrogen (secondary N) is 3. The number of carbonyl (C=O) groups excluding carboxylic acids is 1. The number of hydrogen-bond donors (Lipinski definition) is 3. The molecule has 3 N–H and O–H groups in total. The maximum atomic E-state index is 12.8. The van der Waals surface area contributed by atoms with E-state index in [0.717, 1.165) is 36.1 Å². The molecule has 2 heterocycles. The molecule has 1 fully saturated rings. The summed E-state index contributed by atoms with van der Waals surface area (Å²) in [6.45, 7) is 5.88. The third-order valence-corrected chi connectivity index (χ3v) is 4.48. The van der Waals surface area contributed by atoms with Crippen molar-refractivity contribution in [2.24, 2.45) is 11.3 Å². The third-order valence-electron chi connectivity index (χ3n) is 4.48. The SMILES string of the molecule is CC(C)C1(C(=O)Nc2cccc3[nH]ncc23)CCNC1. The number of carbonyl (C=O) groups is 1. The summed E-state index contributed by atoms with van der Waals surface area (Å²) >= 11 is 0. The normalized spacial score (nSPS) is 22.6. The molecule has 1 aromatic carbocycles. The number of nitrogens with zero attached hydrogens (tertiary/aromatic N) is 1. The Labute approximate surface area is 118 Å². The quantitative estimate of drug-likeness (QED) is 0.801. The zero-order valence-electron chi connectivity index (χ0n) is 11.9. The fourth-order valence-electron chi connectivity index (χ4n) is 2.98. The van der Waals surface area contributed by atoms with E-state index in [4.69, 9.17) is 0 Å². The molecule has 0 saturated carbocycles. The molecular formula is C15H20N4O. The summed E-state index contributed by atoms with van der Waals surface area (Å²) in [7, 11) is 0. The molecule has 0 bridgehead atoms. The van der Waals surface area contributed by atoms with Crippen molar-refractivity contribution in [1.29, 1.82) is 0 Å². The summed E-state index contributed by atoms with van der Waals surface area (Å²) in [4.78, 5) is 12.8. The van der Waals surface area contributed by atoms with E-state index in [2.05, 4.69) is 34.7 Å². The van der Waals surface area contributed by atoms with Gasteiger partial charge in [-0.25, -0.2) is 0 Å². The van der Waals surface area contributed by atoms with Gasteiger partial charge in [-0.1, -0.05) is 19.9 Å². The zero-order chi connectivity index (χ0) is 14.2. The Morgan fingerprint density at radius 1 is 1.45 bits per heavy atom. The van der Waals surface area contributed by atoms with E-state index in [1.54, 1.807) is 6.20 Å². The Morgan fingerprint density at radius 2 is 2.30 bits per heavy atom. The number of anilines is 1. The molecule has 1 atom stereocenters. The molecule has 1 unspecified atom stereocenters. The lowest BCUT2D eigenvalue weighted by molar-refractivity contribution is -0.126. The van der Waals surface area contributed by atoms with Crippen molar-refractivity contribution in [2.45, 2.75) is 20.3 Å². The van der Waals surface area contributed by atoms with Crippen LogP contribution in [0, 0.1) is 11.3 Å². The van der Waals surface area contributed by atoms with Gasteiger partial charge in [0.25, 0.3) is 0 Å². The summed E-state index contributed by atoms with van der Waals surface area (Å²) in [5.74, 6) is 0.409. The van der Waals surface area contributed by atoms with Crippen LogP contribution in [0.3, 0.4) is 0 Å². The number of aromatic nitrogens is 2. The first-order valence-corrected chi connectivity index (χ1v) is 7.08. The molecular weight excluding hydrogens is 252 g/mol. The lowest BCUT2D eigenvalue weighted by atomic mass is 9.75. The lowest BCUT2D eigenvalue weighted by Gasteiger charge is -2.31. The Bertz CT molecular complexity index is 626. The standard InChI is InChI=1S/C15H20N4O/c1-10(2)15(6-7-16-9-15)14(20)18-12-4-3-5-13-11(12)8-17-19-13/h3-5,8,10,16H,6-7,9H2,1-2H3,(H,17,19)(H,18,20). The van der Waals surface area contributed by atoms with Crippen LogP contribution in [0.4, 0.5) is 5.69 Å². The van der Waals surface area contributed by atoms with Crippen LogP contribution < -0.4 is 10.6 Å². The zero-order valence-corrected chi connectivity index (χ0v) is 11.9. The van der Waals surface area contributed by atoms with Gasteiger partial charge in [0.05, 0.1) is 22.8 Å². The van der Waals surface area contributed by atoms with Crippen LogP contribution in [0.5, 0.6) is 0 Å². The van der Waals surface area contributed by atoms with Crippen LogP contribution in [-0.2, 0) is 4.79 Å². The summed E-state index contributed by atoms with van der Waals surface area (Å²) < 4.78 is 0. The summed E-state index contributed by atoms with van der Waals surface area (Å²) in [6.07, 6.45) is 2.64. The van der Waals surface area contributed by atoms with Crippen LogP contribution >= 0.6 is 0 Å². The number of aromatic amines is 1. The van der Waals surface area contributed by atoms with E-state index >= 15 is 0 Å². The van der Waals surface area contributed by atoms with Gasteiger partial charge in [-0.05, 0) is 31.0 Å². The smallest absolute Gasteiger partial charge is 0.232 e. The monoisotopic (exact) mass is 272 g/mol. The van der Waals surface area contributed by atoms with Crippen molar-refractivity contribution in [3.05, 3.63) is 24.4 Å². The van der Waals surface area contributed by atoms with Crippen molar-refractivity contribution in [3.63, 3.8) is 0 Å². The van der Waals surface area contributed by atoms with E-state index in [1.165, 1.54) is 0 Å². The van der Waals surface area contributed by atoms with Gasteiger partial charge < -0.3 is 10.6 Å². The molecule has 1 saturated heterocycles. The predicted octanol–water partition coefficient (Wildman–Crippen LogP) is 2.14. The number of rotatable bonds is 3. The summed E-state index contributed by atoms with van der Waals surface area (Å²) in [5, 5.41) is 14.3. The van der Waals surface area contributed by atoms with Gasteiger partial charge in [0.2, 0.25) is 5.91 Å². The number of fused-ring (bicyclic) bond motifs is 1. The Balaban J connectivity index is 1.90. The minimum atomic E-state index is -0.314. The van der Waals surface area contributed by atoms with Crippen LogP contribution in [0.15, 0.2) is 24.4 Å². The average Bonchev–Trinajstić information content (AvgIpc) is 3.09. The van der Waals surface area contributed by atoms with Gasteiger partial charge in [0, 0.05) is 11.9 Å². The van der Waals surface area contributed by atoms with Crippen LogP contribution in [0.2, 0.25) is 0 Å². The van der Waals surface area contributed by atoms with Crippen LogP contribution in [0.25, 0.3) is 10.9 Å². The van der Waals surface area contributed by atoms with Crippen molar-refractivity contribution in [2.75, 3.05) is 18.4 Å². The molecule has 20 heavy (non-hydrogen) atoms. The second-order valence-corrected chi connectivity index (χ2v) is 5.83. The second kappa shape index (κ2) is 4.90. The van der Waals surface area contributed by atoms with Gasteiger partial charge in [-0.3, -0.25) is 9.89 Å². The first-order chi connectivity index (χ1) is 9.63. The number of hydrogen-bond acceptors (Lipinski definition) is 3. The number of amides is 1. The first-order valence-electron chi connectivity index (χ1n) is 7.08. The maximum absolute atomic E-state index is 12.8. The van der Waals surface area contributed by atoms with E-state index < -0.39 is 0 Å². The molecule has 1 aromatic heterocycles. The van der Waals surface area contributed by atoms with Crippen LogP contribution in [0.1, 0.15) is 20.3 Å². The van der Waals surface area contributed by atoms with E-state index in [9.17, 15) is 4.79 Å². The van der Waals surface area contributed by atoms with E-state index in [1.807, 2.05) is 18.2 Å². The Kier molecular flexibility index (Phi) is 3.22. The third kappa shape index (κ3) is 1.98. The van der Waals surface area contributed by atoms with Gasteiger partial charge >= 0.3 is 0 Å². The second-order valence-electron chi connectivity index (χ2n) is 5.83. The fourth-order valence-corrected chi connectivity index (χ4v) is 2.98. The molecule has 3 rings (SSSR count). The molecule has 0 aliphatic carbocycles. The van der Waals surface area contributed by atoms with Crippen molar-refractivity contribution < 1.29 is 4.79 Å². The molecule has 0 spiro atoms. The topological polar surface area (TPSA) is 69.8 Å². The largest absolute Gasteiger partial charge is 0.325 e. The first kappa shape index (κ1) is 13.1. The highest BCUT2D eigenvalue weighted by Crippen LogP contribution is 2.36. The number of H-pyrrole nitrogens is 1. The summed E-state index contributed by atoms with van der Waals surface area (Å²) in [5.41, 5.74) is 1.45. The minimum absolute atomic E-state index is 0.103. The highest BCUT2D eigenvalue weighted by molar-refractivity contribution is 6.03. The van der Waals surface area contributed by atoms with E-state index in [-0.39, 0.29) is 11.3 Å². The van der Waals surface area contributed by atoms with Crippen molar-refractivity contribution >= 4 is 22.5 Å². The fraction of sp³-hybridized carbons (Fsp3) is 0.467. The molecule has 1 aliphatic heterocycles.